The quantitative estimate of drug-likeness (QED) is 0.571. The van der Waals surface area contributed by atoms with Crippen molar-refractivity contribution in [3.63, 3.8) is 0 Å². The Hall–Kier alpha value is -3.05. The van der Waals surface area contributed by atoms with Crippen molar-refractivity contribution in [2.75, 3.05) is 13.7 Å². The third kappa shape index (κ3) is 5.74. The molecule has 160 valence electrons. The lowest BCUT2D eigenvalue weighted by molar-refractivity contribution is -0.274. The molecule has 0 unspecified atom stereocenters. The lowest BCUT2D eigenvalue weighted by atomic mass is 10.2. The zero-order valence-corrected chi connectivity index (χ0v) is 16.5. The van der Waals surface area contributed by atoms with E-state index in [9.17, 15) is 21.6 Å². The molecular weight excluding hydrogens is 425 g/mol. The van der Waals surface area contributed by atoms with Crippen LogP contribution >= 0.6 is 0 Å². The van der Waals surface area contributed by atoms with Gasteiger partial charge in [-0.05, 0) is 36.4 Å². The summed E-state index contributed by atoms with van der Waals surface area (Å²) in [5, 5.41) is 0. The number of halogens is 3. The number of sulfonamides is 1. The van der Waals surface area contributed by atoms with Gasteiger partial charge in [-0.2, -0.15) is 0 Å². The van der Waals surface area contributed by atoms with E-state index >= 15 is 0 Å². The van der Waals surface area contributed by atoms with Crippen LogP contribution in [0.15, 0.2) is 64.1 Å². The average molecular weight is 442 g/mol. The van der Waals surface area contributed by atoms with Gasteiger partial charge in [0.1, 0.15) is 17.8 Å². The molecule has 0 aliphatic heterocycles. The number of nitrogens with zero attached hydrogens (tertiary/aromatic N) is 1. The second kappa shape index (κ2) is 8.76. The van der Waals surface area contributed by atoms with Crippen LogP contribution in [-0.4, -0.2) is 33.4 Å². The molecule has 0 fully saturated rings. The van der Waals surface area contributed by atoms with E-state index in [1.807, 2.05) is 0 Å². The van der Waals surface area contributed by atoms with E-state index in [1.165, 1.54) is 12.3 Å². The molecule has 0 aliphatic carbocycles. The summed E-state index contributed by atoms with van der Waals surface area (Å²) in [6, 6.07) is 11.2. The van der Waals surface area contributed by atoms with Gasteiger partial charge in [0.25, 0.3) is 0 Å². The number of oxazole rings is 1. The monoisotopic (exact) mass is 442 g/mol. The van der Waals surface area contributed by atoms with E-state index in [0.29, 0.717) is 17.3 Å². The summed E-state index contributed by atoms with van der Waals surface area (Å²) < 4.78 is 78.1. The molecule has 0 saturated carbocycles. The lowest BCUT2D eigenvalue weighted by Gasteiger charge is -2.10. The molecule has 0 spiro atoms. The summed E-state index contributed by atoms with van der Waals surface area (Å²) in [7, 11) is -2.48. The van der Waals surface area contributed by atoms with E-state index in [-0.39, 0.29) is 17.9 Å². The molecule has 1 aromatic heterocycles. The molecule has 0 saturated heterocycles. The van der Waals surface area contributed by atoms with E-state index in [1.54, 1.807) is 31.4 Å². The number of ether oxygens (including phenoxy) is 2. The van der Waals surface area contributed by atoms with E-state index in [4.69, 9.17) is 9.15 Å². The molecule has 11 heteroatoms. The Morgan fingerprint density at radius 1 is 1.10 bits per heavy atom. The number of hydrogen-bond acceptors (Lipinski definition) is 6. The molecular formula is C19H17F3N2O5S. The molecule has 30 heavy (non-hydrogen) atoms. The van der Waals surface area contributed by atoms with Crippen molar-refractivity contribution in [3.05, 3.63) is 60.5 Å². The van der Waals surface area contributed by atoms with Gasteiger partial charge in [0, 0.05) is 24.6 Å². The third-order valence-corrected chi connectivity index (χ3v) is 5.37. The maximum Gasteiger partial charge on any atom is 0.573 e. The first-order chi connectivity index (χ1) is 14.2. The first-order valence-corrected chi connectivity index (χ1v) is 10.1. The smallest absolute Gasteiger partial charge is 0.497 e. The Kier molecular flexibility index (Phi) is 6.32. The molecule has 2 aromatic carbocycles. The Labute approximate surface area is 170 Å². The van der Waals surface area contributed by atoms with Crippen LogP contribution in [0.5, 0.6) is 11.5 Å². The number of benzene rings is 2. The minimum absolute atomic E-state index is 0.0265. The van der Waals surface area contributed by atoms with Crippen molar-refractivity contribution in [3.8, 4) is 23.0 Å². The van der Waals surface area contributed by atoms with Gasteiger partial charge in [-0.15, -0.1) is 13.2 Å². The number of rotatable bonds is 8. The number of aromatic nitrogens is 1. The first kappa shape index (κ1) is 21.7. The third-order valence-electron chi connectivity index (χ3n) is 3.91. The van der Waals surface area contributed by atoms with E-state index < -0.39 is 22.1 Å². The van der Waals surface area contributed by atoms with Crippen LogP contribution in [0.1, 0.15) is 5.69 Å². The Morgan fingerprint density at radius 3 is 2.50 bits per heavy atom. The van der Waals surface area contributed by atoms with Crippen LogP contribution in [0.4, 0.5) is 13.2 Å². The van der Waals surface area contributed by atoms with Crippen LogP contribution in [0.25, 0.3) is 11.5 Å². The van der Waals surface area contributed by atoms with Gasteiger partial charge < -0.3 is 13.9 Å². The molecule has 0 aliphatic rings. The van der Waals surface area contributed by atoms with Crippen molar-refractivity contribution in [1.29, 1.82) is 0 Å². The number of hydrogen-bond donors (Lipinski definition) is 1. The van der Waals surface area contributed by atoms with Gasteiger partial charge in [-0.1, -0.05) is 6.07 Å². The highest BCUT2D eigenvalue weighted by atomic mass is 32.2. The van der Waals surface area contributed by atoms with Crippen molar-refractivity contribution in [2.24, 2.45) is 0 Å². The lowest BCUT2D eigenvalue weighted by Crippen LogP contribution is -2.26. The molecule has 1 heterocycles. The zero-order valence-electron chi connectivity index (χ0n) is 15.6. The van der Waals surface area contributed by atoms with Crippen LogP contribution in [-0.2, 0) is 16.4 Å². The van der Waals surface area contributed by atoms with Gasteiger partial charge in [0.15, 0.2) is 0 Å². The number of methoxy groups -OCH3 is 1. The molecule has 1 N–H and O–H groups in total. The summed E-state index contributed by atoms with van der Waals surface area (Å²) >= 11 is 0. The highest BCUT2D eigenvalue weighted by molar-refractivity contribution is 7.89. The SMILES string of the molecule is COc1ccc(-c2nc(CCNS(=O)(=O)c3cccc(OC(F)(F)F)c3)co2)cc1. The van der Waals surface area contributed by atoms with Crippen LogP contribution < -0.4 is 14.2 Å². The Balaban J connectivity index is 1.61. The largest absolute Gasteiger partial charge is 0.573 e. The van der Waals surface area contributed by atoms with Gasteiger partial charge in [-0.25, -0.2) is 18.1 Å². The van der Waals surface area contributed by atoms with E-state index in [0.717, 1.165) is 23.8 Å². The summed E-state index contributed by atoms with van der Waals surface area (Å²) in [5.74, 6) is 0.433. The van der Waals surface area contributed by atoms with Crippen LogP contribution in [0.3, 0.4) is 0 Å². The van der Waals surface area contributed by atoms with Crippen molar-refractivity contribution >= 4 is 10.0 Å². The second-order valence-corrected chi connectivity index (χ2v) is 7.81. The minimum atomic E-state index is -4.91. The van der Waals surface area contributed by atoms with E-state index in [2.05, 4.69) is 14.4 Å². The average Bonchev–Trinajstić information content (AvgIpc) is 3.16. The molecule has 0 amide bonds. The summed E-state index contributed by atoms with van der Waals surface area (Å²) in [6.07, 6.45) is -3.28. The van der Waals surface area contributed by atoms with Crippen LogP contribution in [0.2, 0.25) is 0 Å². The molecule has 0 radical (unpaired) electrons. The summed E-state index contributed by atoms with van der Waals surface area (Å²) in [5.41, 5.74) is 1.24. The molecule has 0 bridgehead atoms. The first-order valence-electron chi connectivity index (χ1n) is 8.60. The van der Waals surface area contributed by atoms with Gasteiger partial charge >= 0.3 is 6.36 Å². The highest BCUT2D eigenvalue weighted by Gasteiger charge is 2.31. The molecule has 7 nitrogen and oxygen atoms in total. The fourth-order valence-corrected chi connectivity index (χ4v) is 3.59. The van der Waals surface area contributed by atoms with Crippen molar-refractivity contribution < 1.29 is 35.5 Å². The summed E-state index contributed by atoms with van der Waals surface area (Å²) in [4.78, 5) is 3.95. The number of alkyl halides is 3. The topological polar surface area (TPSA) is 90.7 Å². The fraction of sp³-hybridized carbons (Fsp3) is 0.211. The zero-order chi connectivity index (χ0) is 21.8. The Morgan fingerprint density at radius 2 is 1.83 bits per heavy atom. The molecule has 3 aromatic rings. The standard InChI is InChI=1S/C19H17F3N2O5S/c1-27-15-7-5-13(6-8-15)18-24-14(12-28-18)9-10-23-30(25,26)17-4-2-3-16(11-17)29-19(20,21)22/h2-8,11-12,23H,9-10H2,1H3. The van der Waals surface area contributed by atoms with Crippen LogP contribution in [0, 0.1) is 0 Å². The van der Waals surface area contributed by atoms with Gasteiger partial charge in [0.05, 0.1) is 17.7 Å². The maximum absolute atomic E-state index is 12.3. The highest BCUT2D eigenvalue weighted by Crippen LogP contribution is 2.25. The fourth-order valence-electron chi connectivity index (χ4n) is 2.52. The maximum atomic E-state index is 12.3. The molecule has 3 rings (SSSR count). The number of nitrogens with one attached hydrogen (secondary N) is 1. The van der Waals surface area contributed by atoms with Crippen molar-refractivity contribution in [1.82, 2.24) is 9.71 Å². The normalized spacial score (nSPS) is 12.0. The second-order valence-electron chi connectivity index (χ2n) is 6.04. The predicted molar refractivity (Wildman–Crippen MR) is 101 cm³/mol. The van der Waals surface area contributed by atoms with Gasteiger partial charge in [0.2, 0.25) is 15.9 Å². The Bertz CT molecular complexity index is 1100. The predicted octanol–water partition coefficient (Wildman–Crippen LogP) is 3.77. The summed E-state index contributed by atoms with van der Waals surface area (Å²) in [6.45, 7) is -0.0265. The van der Waals surface area contributed by atoms with Crippen molar-refractivity contribution in [2.45, 2.75) is 17.7 Å². The van der Waals surface area contributed by atoms with Gasteiger partial charge in [-0.3, -0.25) is 0 Å². The minimum Gasteiger partial charge on any atom is -0.497 e. The molecule has 0 atom stereocenters.